The van der Waals surface area contributed by atoms with Crippen molar-refractivity contribution in [3.63, 3.8) is 0 Å². The first-order valence-electron chi connectivity index (χ1n) is 17.4. The number of halogens is 1. The molecule has 8 nitrogen and oxygen atoms in total. The lowest BCUT2D eigenvalue weighted by Crippen LogP contribution is -2.64. The van der Waals surface area contributed by atoms with E-state index in [2.05, 4.69) is 18.3 Å². The van der Waals surface area contributed by atoms with E-state index in [0.29, 0.717) is 19.3 Å². The Hall–Kier alpha value is -4.50. The number of nitrogens with one attached hydrogen (secondary N) is 1. The van der Waals surface area contributed by atoms with Gasteiger partial charge >= 0.3 is 5.97 Å². The monoisotopic (exact) mass is 663 g/mol. The Labute approximate surface area is 285 Å². The molecule has 4 aliphatic rings. The molecule has 1 amide bonds. The number of rotatable bonds is 6. The SMILES string of the molecule is C[C@H](NC(=O)[C@@]1(OC(=O)c2ccco2)CCC2C3CCC4=Cc5c(cnn5-c5ccc(F)cc5)CC4(C)C3C(O)CC21C)c1ccccc1. The number of aromatic nitrogens is 2. The molecule has 8 atom stereocenters. The highest BCUT2D eigenvalue weighted by Gasteiger charge is 2.71. The summed E-state index contributed by atoms with van der Waals surface area (Å²) in [5, 5.41) is 20.2. The van der Waals surface area contributed by atoms with Crippen molar-refractivity contribution in [3.8, 4) is 5.69 Å². The van der Waals surface area contributed by atoms with Gasteiger partial charge in [0.2, 0.25) is 5.76 Å². The van der Waals surface area contributed by atoms with E-state index in [-0.39, 0.29) is 46.7 Å². The second-order valence-corrected chi connectivity index (χ2v) is 15.1. The number of carbonyl (C=O) groups excluding carboxylic acids is 2. The minimum atomic E-state index is -1.50. The summed E-state index contributed by atoms with van der Waals surface area (Å²) < 4.78 is 27.3. The van der Waals surface area contributed by atoms with Crippen LogP contribution in [0.3, 0.4) is 0 Å². The Morgan fingerprint density at radius 3 is 2.59 bits per heavy atom. The average molecular weight is 664 g/mol. The van der Waals surface area contributed by atoms with Gasteiger partial charge in [0.1, 0.15) is 5.82 Å². The number of furan rings is 1. The molecule has 4 aromatic rings. The summed E-state index contributed by atoms with van der Waals surface area (Å²) in [5.74, 6) is -1.14. The van der Waals surface area contributed by atoms with Crippen molar-refractivity contribution in [2.24, 2.45) is 28.6 Å². The maximum Gasteiger partial charge on any atom is 0.375 e. The summed E-state index contributed by atoms with van der Waals surface area (Å²) in [5.41, 5.74) is 2.51. The van der Waals surface area contributed by atoms with Crippen molar-refractivity contribution < 1.29 is 28.2 Å². The predicted molar refractivity (Wildman–Crippen MR) is 181 cm³/mol. The van der Waals surface area contributed by atoms with Crippen LogP contribution in [-0.2, 0) is 16.0 Å². The molecule has 2 aromatic heterocycles. The molecule has 49 heavy (non-hydrogen) atoms. The number of carbonyl (C=O) groups is 2. The molecule has 6 unspecified atom stereocenters. The summed E-state index contributed by atoms with van der Waals surface area (Å²) in [6.07, 6.45) is 8.63. The molecule has 0 bridgehead atoms. The molecule has 3 saturated carbocycles. The van der Waals surface area contributed by atoms with E-state index < -0.39 is 23.1 Å². The molecule has 0 spiro atoms. The highest BCUT2D eigenvalue weighted by atomic mass is 19.1. The minimum Gasteiger partial charge on any atom is -0.457 e. The predicted octanol–water partition coefficient (Wildman–Crippen LogP) is 7.23. The molecule has 2 heterocycles. The van der Waals surface area contributed by atoms with Crippen LogP contribution in [0.15, 0.2) is 89.2 Å². The fourth-order valence-electron chi connectivity index (χ4n) is 10.3. The first-order chi connectivity index (χ1) is 23.5. The van der Waals surface area contributed by atoms with Crippen LogP contribution in [0, 0.1) is 34.4 Å². The first-order valence-corrected chi connectivity index (χ1v) is 17.4. The van der Waals surface area contributed by atoms with E-state index in [9.17, 15) is 19.1 Å². The lowest BCUT2D eigenvalue weighted by atomic mass is 9.45. The Morgan fingerprint density at radius 2 is 1.86 bits per heavy atom. The lowest BCUT2D eigenvalue weighted by Gasteiger charge is -2.60. The topological polar surface area (TPSA) is 107 Å². The van der Waals surface area contributed by atoms with E-state index in [1.807, 2.05) is 55.1 Å². The zero-order valence-electron chi connectivity index (χ0n) is 28.1. The van der Waals surface area contributed by atoms with Crippen molar-refractivity contribution >= 4 is 18.0 Å². The summed E-state index contributed by atoms with van der Waals surface area (Å²) in [6, 6.07) is 19.0. The van der Waals surface area contributed by atoms with Gasteiger partial charge in [0.15, 0.2) is 5.60 Å². The number of aliphatic hydroxyl groups excluding tert-OH is 1. The summed E-state index contributed by atoms with van der Waals surface area (Å²) in [7, 11) is 0. The van der Waals surface area contributed by atoms with Crippen molar-refractivity contribution in [1.82, 2.24) is 15.1 Å². The molecular formula is C40H42FN3O5. The second kappa shape index (κ2) is 11.5. The Morgan fingerprint density at radius 1 is 1.08 bits per heavy atom. The number of amides is 1. The van der Waals surface area contributed by atoms with Crippen LogP contribution in [0.5, 0.6) is 0 Å². The third kappa shape index (κ3) is 4.83. The summed E-state index contributed by atoms with van der Waals surface area (Å²) in [6.45, 7) is 6.25. The molecule has 2 aromatic carbocycles. The maximum atomic E-state index is 14.6. The van der Waals surface area contributed by atoms with Gasteiger partial charge in [-0.2, -0.15) is 5.10 Å². The number of benzene rings is 2. The normalized spacial score (nSPS) is 32.1. The molecular weight excluding hydrogens is 621 g/mol. The fraction of sp³-hybridized carbons (Fsp3) is 0.425. The number of esters is 1. The maximum absolute atomic E-state index is 14.6. The van der Waals surface area contributed by atoms with Crippen LogP contribution >= 0.6 is 0 Å². The van der Waals surface area contributed by atoms with Crippen LogP contribution in [0.2, 0.25) is 0 Å². The number of allylic oxidation sites excluding steroid dienone is 1. The van der Waals surface area contributed by atoms with Gasteiger partial charge in [-0.3, -0.25) is 4.79 Å². The van der Waals surface area contributed by atoms with Crippen LogP contribution in [0.4, 0.5) is 4.39 Å². The zero-order valence-corrected chi connectivity index (χ0v) is 28.1. The molecule has 9 heteroatoms. The van der Waals surface area contributed by atoms with E-state index in [4.69, 9.17) is 14.3 Å². The highest BCUT2D eigenvalue weighted by Crippen LogP contribution is 2.68. The molecule has 254 valence electrons. The average Bonchev–Trinajstić information content (AvgIpc) is 3.83. The fourth-order valence-corrected chi connectivity index (χ4v) is 10.3. The highest BCUT2D eigenvalue weighted by molar-refractivity contribution is 5.93. The zero-order chi connectivity index (χ0) is 34.1. The van der Waals surface area contributed by atoms with Gasteiger partial charge in [-0.15, -0.1) is 0 Å². The van der Waals surface area contributed by atoms with E-state index in [0.717, 1.165) is 41.8 Å². The molecule has 2 N–H and O–H groups in total. The number of hydrogen-bond acceptors (Lipinski definition) is 6. The number of ether oxygens (including phenoxy) is 1. The minimum absolute atomic E-state index is 0.0451. The van der Waals surface area contributed by atoms with Crippen LogP contribution in [0.25, 0.3) is 11.8 Å². The third-order valence-electron chi connectivity index (χ3n) is 12.6. The number of hydrogen-bond donors (Lipinski definition) is 2. The summed E-state index contributed by atoms with van der Waals surface area (Å²) >= 11 is 0. The van der Waals surface area contributed by atoms with E-state index >= 15 is 0 Å². The quantitative estimate of drug-likeness (QED) is 0.211. The summed E-state index contributed by atoms with van der Waals surface area (Å²) in [4.78, 5) is 28.2. The van der Waals surface area contributed by atoms with Crippen LogP contribution < -0.4 is 5.32 Å². The van der Waals surface area contributed by atoms with Gasteiger partial charge in [0.25, 0.3) is 5.91 Å². The van der Waals surface area contributed by atoms with E-state index in [1.165, 1.54) is 24.0 Å². The van der Waals surface area contributed by atoms with Crippen molar-refractivity contribution in [1.29, 1.82) is 0 Å². The standard InChI is InChI=1S/C40H42FN3O5/c1-24(25-8-5-4-6-9-25)43-37(47)40(49-36(46)34-10-7-19-48-34)18-17-31-30-16-11-27-20-32-26(23-42-44(32)29-14-12-28(41)13-15-29)21-38(27,2)35(30)33(45)22-39(31,40)3/h4-10,12-15,19-20,23-24,30-31,33,35,45H,11,16-18,21-22H2,1-3H3,(H,43,47)/t24-,30?,31?,33?,35?,38?,39?,40-/m0/s1. The van der Waals surface area contributed by atoms with Crippen molar-refractivity contribution in [2.45, 2.75) is 77.0 Å². The Bertz CT molecular complexity index is 1920. The van der Waals surface area contributed by atoms with Gasteiger partial charge in [-0.1, -0.05) is 49.8 Å². The Kier molecular flexibility index (Phi) is 7.48. The Balaban J connectivity index is 1.13. The molecule has 0 radical (unpaired) electrons. The van der Waals surface area contributed by atoms with Gasteiger partial charge in [0.05, 0.1) is 36.0 Å². The molecule has 4 aliphatic carbocycles. The van der Waals surface area contributed by atoms with Gasteiger partial charge in [-0.25, -0.2) is 13.9 Å². The van der Waals surface area contributed by atoms with Crippen molar-refractivity contribution in [3.05, 3.63) is 113 Å². The number of fused-ring (bicyclic) bond motifs is 6. The number of nitrogens with zero attached hydrogens (tertiary/aromatic N) is 2. The molecule has 0 aliphatic heterocycles. The van der Waals surface area contributed by atoms with Crippen molar-refractivity contribution in [2.75, 3.05) is 0 Å². The van der Waals surface area contributed by atoms with Crippen LogP contribution in [-0.4, -0.2) is 38.5 Å². The largest absolute Gasteiger partial charge is 0.457 e. The molecule has 0 saturated heterocycles. The first kappa shape index (κ1) is 31.7. The number of aliphatic hydroxyl groups is 1. The third-order valence-corrected chi connectivity index (χ3v) is 12.6. The smallest absolute Gasteiger partial charge is 0.375 e. The van der Waals surface area contributed by atoms with Gasteiger partial charge < -0.3 is 19.6 Å². The lowest BCUT2D eigenvalue weighted by molar-refractivity contribution is -0.182. The van der Waals surface area contributed by atoms with Crippen LogP contribution in [0.1, 0.15) is 86.3 Å². The second-order valence-electron chi connectivity index (χ2n) is 15.1. The van der Waals surface area contributed by atoms with E-state index in [1.54, 1.807) is 24.3 Å². The molecule has 3 fully saturated rings. The van der Waals surface area contributed by atoms with Gasteiger partial charge in [0, 0.05) is 5.41 Å². The molecule has 8 rings (SSSR count). The van der Waals surface area contributed by atoms with Gasteiger partial charge in [-0.05, 0) is 122 Å².